The van der Waals surface area contributed by atoms with Gasteiger partial charge < -0.3 is 9.80 Å². The number of piperazine rings is 1. The van der Waals surface area contributed by atoms with Crippen molar-refractivity contribution < 1.29 is 4.79 Å². The molecule has 24 heavy (non-hydrogen) atoms. The topological polar surface area (TPSA) is 49.3 Å². The first-order chi connectivity index (χ1) is 11.6. The summed E-state index contributed by atoms with van der Waals surface area (Å²) >= 11 is 12.1. The van der Waals surface area contributed by atoms with E-state index in [1.165, 1.54) is 6.08 Å². The van der Waals surface area contributed by atoms with Crippen molar-refractivity contribution >= 4 is 41.1 Å². The molecule has 5 nitrogen and oxygen atoms in total. The van der Waals surface area contributed by atoms with Crippen molar-refractivity contribution in [3.05, 3.63) is 58.3 Å². The van der Waals surface area contributed by atoms with Crippen LogP contribution in [0.3, 0.4) is 0 Å². The first kappa shape index (κ1) is 16.7. The number of benzene rings is 1. The van der Waals surface area contributed by atoms with E-state index >= 15 is 0 Å². The Kier molecular flexibility index (Phi) is 5.33. The number of nitrogens with zero attached hydrogens (tertiary/aromatic N) is 4. The predicted octanol–water partition coefficient (Wildman–Crippen LogP) is 3.15. The zero-order valence-corrected chi connectivity index (χ0v) is 14.4. The van der Waals surface area contributed by atoms with Gasteiger partial charge in [-0.25, -0.2) is 9.97 Å². The first-order valence-corrected chi connectivity index (χ1v) is 8.34. The number of carbonyl (C=O) groups is 1. The molecule has 0 radical (unpaired) electrons. The number of carbonyl (C=O) groups excluding carboxylic acids is 1. The lowest BCUT2D eigenvalue weighted by Gasteiger charge is -2.34. The molecule has 2 aromatic rings. The predicted molar refractivity (Wildman–Crippen MR) is 96.3 cm³/mol. The molecule has 124 valence electrons. The molecule has 0 spiro atoms. The molecule has 2 heterocycles. The summed E-state index contributed by atoms with van der Waals surface area (Å²) in [5, 5.41) is 0.928. The number of amides is 1. The Morgan fingerprint density at radius 2 is 1.75 bits per heavy atom. The van der Waals surface area contributed by atoms with E-state index in [0.717, 1.165) is 5.56 Å². The maximum atomic E-state index is 12.3. The molecule has 0 aliphatic carbocycles. The van der Waals surface area contributed by atoms with Gasteiger partial charge in [0.2, 0.25) is 11.9 Å². The molecule has 1 fully saturated rings. The van der Waals surface area contributed by atoms with Crippen LogP contribution in [0.25, 0.3) is 6.08 Å². The van der Waals surface area contributed by atoms with Gasteiger partial charge in [-0.1, -0.05) is 35.3 Å². The molecule has 1 aromatic carbocycles. The Balaban J connectivity index is 1.59. The van der Waals surface area contributed by atoms with Crippen LogP contribution in [0, 0.1) is 0 Å². The summed E-state index contributed by atoms with van der Waals surface area (Å²) in [6.45, 7) is 2.68. The van der Waals surface area contributed by atoms with Crippen LogP contribution in [0.15, 0.2) is 42.7 Å². The number of hydrogen-bond donors (Lipinski definition) is 0. The van der Waals surface area contributed by atoms with Crippen molar-refractivity contribution in [2.24, 2.45) is 0 Å². The highest BCUT2D eigenvalue weighted by atomic mass is 35.5. The van der Waals surface area contributed by atoms with Crippen LogP contribution in [0.5, 0.6) is 0 Å². The Bertz CT molecular complexity index is 744. The van der Waals surface area contributed by atoms with Gasteiger partial charge in [-0.05, 0) is 23.8 Å². The molecule has 0 bridgehead atoms. The normalized spacial score (nSPS) is 15.1. The molecule has 0 atom stereocenters. The standard InChI is InChI=1S/C17H16Cl2N4O/c18-14-4-1-3-13(16(14)19)5-6-15(24)22-9-11-23(12-10-22)17-20-7-2-8-21-17/h1-8H,9-12H2/b6-5+. The number of hydrogen-bond acceptors (Lipinski definition) is 4. The maximum Gasteiger partial charge on any atom is 0.246 e. The smallest absolute Gasteiger partial charge is 0.246 e. The fraction of sp³-hybridized carbons (Fsp3) is 0.235. The van der Waals surface area contributed by atoms with Crippen LogP contribution < -0.4 is 4.90 Å². The summed E-state index contributed by atoms with van der Waals surface area (Å²) < 4.78 is 0. The van der Waals surface area contributed by atoms with Crippen molar-refractivity contribution in [3.63, 3.8) is 0 Å². The number of aromatic nitrogens is 2. The highest BCUT2D eigenvalue weighted by Gasteiger charge is 2.21. The Labute approximate surface area is 150 Å². The fourth-order valence-corrected chi connectivity index (χ4v) is 2.87. The van der Waals surface area contributed by atoms with Crippen LogP contribution in [0.2, 0.25) is 10.0 Å². The molecule has 1 aliphatic heterocycles. The highest BCUT2D eigenvalue weighted by molar-refractivity contribution is 6.42. The van der Waals surface area contributed by atoms with E-state index in [4.69, 9.17) is 23.2 Å². The molecule has 1 saturated heterocycles. The first-order valence-electron chi connectivity index (χ1n) is 7.58. The lowest BCUT2D eigenvalue weighted by atomic mass is 10.2. The van der Waals surface area contributed by atoms with Crippen LogP contribution in [0.4, 0.5) is 5.95 Å². The minimum Gasteiger partial charge on any atom is -0.337 e. The number of anilines is 1. The zero-order chi connectivity index (χ0) is 16.9. The minimum atomic E-state index is -0.0420. The fourth-order valence-electron chi connectivity index (χ4n) is 2.50. The van der Waals surface area contributed by atoms with Gasteiger partial charge in [-0.2, -0.15) is 0 Å². The highest BCUT2D eigenvalue weighted by Crippen LogP contribution is 2.26. The second-order valence-electron chi connectivity index (χ2n) is 5.34. The van der Waals surface area contributed by atoms with Crippen LogP contribution in [-0.4, -0.2) is 47.0 Å². The van der Waals surface area contributed by atoms with E-state index in [2.05, 4.69) is 14.9 Å². The van der Waals surface area contributed by atoms with Crippen molar-refractivity contribution in [3.8, 4) is 0 Å². The van der Waals surface area contributed by atoms with Crippen LogP contribution in [0.1, 0.15) is 5.56 Å². The molecule has 3 rings (SSSR count). The van der Waals surface area contributed by atoms with Gasteiger partial charge in [-0.3, -0.25) is 4.79 Å². The van der Waals surface area contributed by atoms with Crippen molar-refractivity contribution in [1.82, 2.24) is 14.9 Å². The molecule has 1 aromatic heterocycles. The quantitative estimate of drug-likeness (QED) is 0.787. The lowest BCUT2D eigenvalue weighted by molar-refractivity contribution is -0.126. The van der Waals surface area contributed by atoms with Gasteiger partial charge >= 0.3 is 0 Å². The largest absolute Gasteiger partial charge is 0.337 e. The van der Waals surface area contributed by atoms with Crippen molar-refractivity contribution in [2.75, 3.05) is 31.1 Å². The van der Waals surface area contributed by atoms with E-state index in [-0.39, 0.29) is 5.91 Å². The van der Waals surface area contributed by atoms with Gasteiger partial charge in [0, 0.05) is 44.6 Å². The second kappa shape index (κ2) is 7.64. The van der Waals surface area contributed by atoms with E-state index in [0.29, 0.717) is 42.2 Å². The third-order valence-corrected chi connectivity index (χ3v) is 4.65. The van der Waals surface area contributed by atoms with E-state index in [1.807, 2.05) is 6.07 Å². The Morgan fingerprint density at radius 1 is 1.04 bits per heavy atom. The number of rotatable bonds is 3. The summed E-state index contributed by atoms with van der Waals surface area (Å²) in [6.07, 6.45) is 6.67. The van der Waals surface area contributed by atoms with Crippen molar-refractivity contribution in [1.29, 1.82) is 0 Å². The lowest BCUT2D eigenvalue weighted by Crippen LogP contribution is -2.48. The summed E-state index contributed by atoms with van der Waals surface area (Å²) in [5.74, 6) is 0.658. The van der Waals surface area contributed by atoms with Crippen molar-refractivity contribution in [2.45, 2.75) is 0 Å². The summed E-state index contributed by atoms with van der Waals surface area (Å²) in [6, 6.07) is 7.13. The monoisotopic (exact) mass is 362 g/mol. The van der Waals surface area contributed by atoms with E-state index in [9.17, 15) is 4.79 Å². The molecule has 1 aliphatic rings. The average molecular weight is 363 g/mol. The van der Waals surface area contributed by atoms with E-state index < -0.39 is 0 Å². The van der Waals surface area contributed by atoms with Crippen LogP contribution >= 0.6 is 23.2 Å². The molecular weight excluding hydrogens is 347 g/mol. The Morgan fingerprint density at radius 3 is 2.46 bits per heavy atom. The van der Waals surface area contributed by atoms with Gasteiger partial charge in [0.1, 0.15) is 0 Å². The second-order valence-corrected chi connectivity index (χ2v) is 6.12. The minimum absolute atomic E-state index is 0.0420. The van der Waals surface area contributed by atoms with Crippen LogP contribution in [-0.2, 0) is 4.79 Å². The average Bonchev–Trinajstić information content (AvgIpc) is 2.63. The summed E-state index contributed by atoms with van der Waals surface area (Å²) in [5.41, 5.74) is 0.730. The van der Waals surface area contributed by atoms with Gasteiger partial charge in [0.15, 0.2) is 0 Å². The molecule has 7 heteroatoms. The molecule has 1 amide bonds. The maximum absolute atomic E-state index is 12.3. The van der Waals surface area contributed by atoms with E-state index in [1.54, 1.807) is 41.6 Å². The summed E-state index contributed by atoms with van der Waals surface area (Å²) in [7, 11) is 0. The SMILES string of the molecule is O=C(/C=C/c1cccc(Cl)c1Cl)N1CCN(c2ncccn2)CC1. The molecule has 0 saturated carbocycles. The van der Waals surface area contributed by atoms with Gasteiger partial charge in [0.05, 0.1) is 10.0 Å². The Hall–Kier alpha value is -2.11. The molecule has 0 unspecified atom stereocenters. The third-order valence-electron chi connectivity index (χ3n) is 3.81. The molecule has 0 N–H and O–H groups in total. The zero-order valence-electron chi connectivity index (χ0n) is 12.9. The summed E-state index contributed by atoms with van der Waals surface area (Å²) in [4.78, 5) is 24.7. The number of halogens is 2. The third kappa shape index (κ3) is 3.86. The van der Waals surface area contributed by atoms with Gasteiger partial charge in [0.25, 0.3) is 0 Å². The molecular formula is C17H16Cl2N4O. The van der Waals surface area contributed by atoms with Gasteiger partial charge in [-0.15, -0.1) is 0 Å².